The fourth-order valence-corrected chi connectivity index (χ4v) is 1.66. The summed E-state index contributed by atoms with van der Waals surface area (Å²) < 4.78 is 15.0. The predicted molar refractivity (Wildman–Crippen MR) is 65.9 cm³/mol. The van der Waals surface area contributed by atoms with Crippen molar-refractivity contribution < 1.29 is 23.8 Å². The zero-order valence-electron chi connectivity index (χ0n) is 10.5. The van der Waals surface area contributed by atoms with Gasteiger partial charge in [-0.15, -0.1) is 0 Å². The summed E-state index contributed by atoms with van der Waals surface area (Å²) in [5.74, 6) is 0.383. The Kier molecular flexibility index (Phi) is 4.22. The smallest absolute Gasteiger partial charge is 0.407 e. The van der Waals surface area contributed by atoms with Crippen molar-refractivity contribution in [3.05, 3.63) is 29.8 Å². The lowest BCUT2D eigenvalue weighted by atomic mass is 10.1. The first kappa shape index (κ1) is 13.2. The highest BCUT2D eigenvalue weighted by Crippen LogP contribution is 2.14. The van der Waals surface area contributed by atoms with Crippen molar-refractivity contribution in [2.45, 2.75) is 12.5 Å². The minimum absolute atomic E-state index is 0.237. The Hall–Kier alpha value is -2.24. The maximum Gasteiger partial charge on any atom is 0.407 e. The summed E-state index contributed by atoms with van der Waals surface area (Å²) in [6, 6.07) is 7.13. The molecule has 1 atom stereocenters. The summed E-state index contributed by atoms with van der Waals surface area (Å²) in [7, 11) is 1.36. The number of carbonyl (C=O) groups is 2. The van der Waals surface area contributed by atoms with Crippen molar-refractivity contribution in [2.75, 3.05) is 20.3 Å². The summed E-state index contributed by atoms with van der Waals surface area (Å²) >= 11 is 0. The number of ether oxygens (including phenoxy) is 3. The van der Waals surface area contributed by atoms with Crippen molar-refractivity contribution >= 4 is 12.1 Å². The third-order valence-corrected chi connectivity index (χ3v) is 2.68. The first-order chi connectivity index (χ1) is 9.17. The lowest BCUT2D eigenvalue weighted by Crippen LogP contribution is -2.21. The summed E-state index contributed by atoms with van der Waals surface area (Å²) in [6.07, 6.45) is -0.440. The van der Waals surface area contributed by atoms with Crippen LogP contribution >= 0.6 is 0 Å². The lowest BCUT2D eigenvalue weighted by Gasteiger charge is -2.10. The molecule has 1 fully saturated rings. The van der Waals surface area contributed by atoms with Crippen molar-refractivity contribution in [1.29, 1.82) is 0 Å². The molecule has 19 heavy (non-hydrogen) atoms. The zero-order chi connectivity index (χ0) is 13.7. The van der Waals surface area contributed by atoms with E-state index in [1.54, 1.807) is 24.3 Å². The molecule has 1 aromatic carbocycles. The summed E-state index contributed by atoms with van der Waals surface area (Å²) in [5, 5.41) is 2.55. The maximum atomic E-state index is 11.1. The number of benzene rings is 1. The van der Waals surface area contributed by atoms with Gasteiger partial charge in [0.05, 0.1) is 20.1 Å². The van der Waals surface area contributed by atoms with Crippen molar-refractivity contribution in [1.82, 2.24) is 5.32 Å². The average Bonchev–Trinajstić information content (AvgIpc) is 2.83. The minimum atomic E-state index is -0.415. The molecule has 0 aliphatic carbocycles. The Morgan fingerprint density at radius 2 is 2.16 bits per heavy atom. The third kappa shape index (κ3) is 3.87. The molecule has 6 heteroatoms. The van der Waals surface area contributed by atoms with Crippen LogP contribution in [0.25, 0.3) is 0 Å². The highest BCUT2D eigenvalue weighted by atomic mass is 16.6. The number of hydrogen-bond acceptors (Lipinski definition) is 5. The molecule has 6 nitrogen and oxygen atoms in total. The molecule has 2 rings (SSSR count). The fourth-order valence-electron chi connectivity index (χ4n) is 1.66. The van der Waals surface area contributed by atoms with E-state index in [2.05, 4.69) is 10.1 Å². The van der Waals surface area contributed by atoms with Crippen LogP contribution < -0.4 is 10.1 Å². The molecule has 1 amide bonds. The van der Waals surface area contributed by atoms with Crippen LogP contribution in [0.5, 0.6) is 5.75 Å². The van der Waals surface area contributed by atoms with E-state index in [-0.39, 0.29) is 18.5 Å². The van der Waals surface area contributed by atoms with E-state index in [4.69, 9.17) is 9.47 Å². The van der Waals surface area contributed by atoms with Gasteiger partial charge in [0.25, 0.3) is 0 Å². The third-order valence-electron chi connectivity index (χ3n) is 2.68. The van der Waals surface area contributed by atoms with Crippen LogP contribution in [0.2, 0.25) is 0 Å². The van der Waals surface area contributed by atoms with Gasteiger partial charge in [0, 0.05) is 0 Å². The molecule has 1 saturated heterocycles. The molecular weight excluding hydrogens is 250 g/mol. The van der Waals surface area contributed by atoms with Gasteiger partial charge in [0.2, 0.25) is 0 Å². The SMILES string of the molecule is COC(=O)Cc1ccc(OCC2CNC(=O)O2)cc1. The number of hydrogen-bond donors (Lipinski definition) is 1. The van der Waals surface area contributed by atoms with Gasteiger partial charge in [-0.1, -0.05) is 12.1 Å². The fraction of sp³-hybridized carbons (Fsp3) is 0.385. The number of nitrogens with one attached hydrogen (secondary N) is 1. The Morgan fingerprint density at radius 3 is 2.74 bits per heavy atom. The van der Waals surface area contributed by atoms with Gasteiger partial charge in [0.1, 0.15) is 12.4 Å². The van der Waals surface area contributed by atoms with Gasteiger partial charge >= 0.3 is 12.1 Å². The molecule has 0 spiro atoms. The molecule has 1 N–H and O–H groups in total. The lowest BCUT2D eigenvalue weighted by molar-refractivity contribution is -0.139. The Labute approximate surface area is 110 Å². The maximum absolute atomic E-state index is 11.1. The number of esters is 1. The van der Waals surface area contributed by atoms with Crippen LogP contribution in [0, 0.1) is 0 Å². The first-order valence-corrected chi connectivity index (χ1v) is 5.90. The molecule has 0 radical (unpaired) electrons. The second-order valence-corrected chi connectivity index (χ2v) is 4.12. The van der Waals surface area contributed by atoms with E-state index in [9.17, 15) is 9.59 Å². The van der Waals surface area contributed by atoms with E-state index in [0.29, 0.717) is 18.9 Å². The normalized spacial score (nSPS) is 17.5. The highest BCUT2D eigenvalue weighted by Gasteiger charge is 2.22. The van der Waals surface area contributed by atoms with E-state index in [0.717, 1.165) is 5.56 Å². The van der Waals surface area contributed by atoms with Crippen LogP contribution in [-0.4, -0.2) is 38.4 Å². The monoisotopic (exact) mass is 265 g/mol. The van der Waals surface area contributed by atoms with Crippen LogP contribution in [-0.2, 0) is 20.7 Å². The number of alkyl carbamates (subject to hydrolysis) is 1. The number of rotatable bonds is 5. The molecule has 1 aromatic rings. The Balaban J connectivity index is 1.81. The number of amides is 1. The average molecular weight is 265 g/mol. The number of carbonyl (C=O) groups excluding carboxylic acids is 2. The van der Waals surface area contributed by atoms with Crippen molar-refractivity contribution in [3.63, 3.8) is 0 Å². The van der Waals surface area contributed by atoms with Crippen LogP contribution in [0.3, 0.4) is 0 Å². The predicted octanol–water partition coefficient (Wildman–Crippen LogP) is 0.889. The second-order valence-electron chi connectivity index (χ2n) is 4.12. The number of methoxy groups -OCH3 is 1. The van der Waals surface area contributed by atoms with Crippen LogP contribution in [0.1, 0.15) is 5.56 Å². The minimum Gasteiger partial charge on any atom is -0.490 e. The van der Waals surface area contributed by atoms with E-state index in [1.807, 2.05) is 0 Å². The summed E-state index contributed by atoms with van der Waals surface area (Å²) in [6.45, 7) is 0.758. The van der Waals surface area contributed by atoms with E-state index < -0.39 is 6.09 Å². The van der Waals surface area contributed by atoms with Crippen molar-refractivity contribution in [2.24, 2.45) is 0 Å². The molecular formula is C13H15NO5. The summed E-state index contributed by atoms with van der Waals surface area (Å²) in [4.78, 5) is 21.9. The van der Waals surface area contributed by atoms with E-state index >= 15 is 0 Å². The molecule has 0 saturated carbocycles. The zero-order valence-corrected chi connectivity index (χ0v) is 10.5. The molecule has 0 aromatic heterocycles. The van der Waals surface area contributed by atoms with E-state index in [1.165, 1.54) is 7.11 Å². The van der Waals surface area contributed by atoms with Gasteiger partial charge in [-0.25, -0.2) is 4.79 Å². The molecule has 1 unspecified atom stereocenters. The molecule has 1 heterocycles. The van der Waals surface area contributed by atoms with Gasteiger partial charge < -0.3 is 19.5 Å². The topological polar surface area (TPSA) is 73.9 Å². The van der Waals surface area contributed by atoms with Crippen LogP contribution in [0.4, 0.5) is 4.79 Å². The highest BCUT2D eigenvalue weighted by molar-refractivity contribution is 5.72. The second kappa shape index (κ2) is 6.08. The number of cyclic esters (lactones) is 1. The Bertz CT molecular complexity index is 457. The summed E-state index contributed by atoms with van der Waals surface area (Å²) in [5.41, 5.74) is 0.855. The molecule has 1 aliphatic rings. The van der Waals surface area contributed by atoms with Gasteiger partial charge in [-0.2, -0.15) is 0 Å². The van der Waals surface area contributed by atoms with Crippen LogP contribution in [0.15, 0.2) is 24.3 Å². The standard InChI is InChI=1S/C13H15NO5/c1-17-12(15)6-9-2-4-10(5-3-9)18-8-11-7-14-13(16)19-11/h2-5,11H,6-8H2,1H3,(H,14,16). The van der Waals surface area contributed by atoms with Gasteiger partial charge in [0.15, 0.2) is 6.10 Å². The quantitative estimate of drug-likeness (QED) is 0.800. The molecule has 0 bridgehead atoms. The molecule has 1 aliphatic heterocycles. The largest absolute Gasteiger partial charge is 0.490 e. The Morgan fingerprint density at radius 1 is 1.42 bits per heavy atom. The van der Waals surface area contributed by atoms with Gasteiger partial charge in [-0.3, -0.25) is 4.79 Å². The first-order valence-electron chi connectivity index (χ1n) is 5.90. The molecule has 102 valence electrons. The van der Waals surface area contributed by atoms with Gasteiger partial charge in [-0.05, 0) is 17.7 Å². The van der Waals surface area contributed by atoms with Crippen molar-refractivity contribution in [3.8, 4) is 5.75 Å².